The molecule has 0 bridgehead atoms. The Hall–Kier alpha value is -2.51. The fourth-order valence-electron chi connectivity index (χ4n) is 2.29. The summed E-state index contributed by atoms with van der Waals surface area (Å²) >= 11 is 0. The van der Waals surface area contributed by atoms with Gasteiger partial charge in [-0.3, -0.25) is 9.59 Å². The molecule has 0 aliphatic carbocycles. The lowest BCUT2D eigenvalue weighted by atomic mass is 10.2. The number of ether oxygens (including phenoxy) is 1. The average molecular weight is 319 g/mol. The van der Waals surface area contributed by atoms with Crippen LogP contribution in [-0.4, -0.2) is 56.1 Å². The molecule has 0 atom stereocenters. The van der Waals surface area contributed by atoms with E-state index in [0.29, 0.717) is 5.78 Å². The second-order valence-electron chi connectivity index (χ2n) is 5.60. The van der Waals surface area contributed by atoms with E-state index < -0.39 is 0 Å². The van der Waals surface area contributed by atoms with Crippen LogP contribution in [0.25, 0.3) is 5.78 Å². The third kappa shape index (κ3) is 3.64. The maximum absolute atomic E-state index is 12.7. The smallest absolute Gasteiger partial charge is 0.307 e. The zero-order valence-corrected chi connectivity index (χ0v) is 14.0. The Balaban J connectivity index is 2.29. The average Bonchev–Trinajstić information content (AvgIpc) is 2.90. The van der Waals surface area contributed by atoms with Crippen LogP contribution in [0.5, 0.6) is 0 Å². The predicted molar refractivity (Wildman–Crippen MR) is 83.1 cm³/mol. The van der Waals surface area contributed by atoms with Crippen molar-refractivity contribution in [3.63, 3.8) is 0 Å². The van der Waals surface area contributed by atoms with E-state index in [9.17, 15) is 9.59 Å². The molecule has 0 saturated carbocycles. The summed E-state index contributed by atoms with van der Waals surface area (Å²) in [6, 6.07) is 1.78. The molecule has 0 N–H and O–H groups in total. The van der Waals surface area contributed by atoms with Gasteiger partial charge in [0.25, 0.3) is 11.7 Å². The molecule has 0 spiro atoms. The van der Waals surface area contributed by atoms with Gasteiger partial charge < -0.3 is 9.64 Å². The van der Waals surface area contributed by atoms with Crippen molar-refractivity contribution < 1.29 is 14.3 Å². The van der Waals surface area contributed by atoms with Crippen molar-refractivity contribution in [3.8, 4) is 0 Å². The highest BCUT2D eigenvalue weighted by Gasteiger charge is 2.24. The van der Waals surface area contributed by atoms with E-state index in [1.54, 1.807) is 9.42 Å². The highest BCUT2D eigenvalue weighted by Crippen LogP contribution is 2.10. The number of fused-ring (bicyclic) bond motifs is 1. The molecule has 0 radical (unpaired) electrons. The number of aromatic nitrogens is 4. The molecule has 0 fully saturated rings. The Labute approximate surface area is 134 Å². The standard InChI is InChI=1S/C15H21N5O3/c1-9(2)19(7-6-12(21)23-5)14(22)13-17-15-16-10(3)8-11(4)20(15)18-13/h8-9H,6-7H2,1-5H3. The Morgan fingerprint density at radius 3 is 2.61 bits per heavy atom. The van der Waals surface area contributed by atoms with Gasteiger partial charge in [-0.15, -0.1) is 5.10 Å². The van der Waals surface area contributed by atoms with Gasteiger partial charge in [-0.25, -0.2) is 9.50 Å². The van der Waals surface area contributed by atoms with Gasteiger partial charge in [0.05, 0.1) is 13.5 Å². The highest BCUT2D eigenvalue weighted by atomic mass is 16.5. The Morgan fingerprint density at radius 2 is 2.00 bits per heavy atom. The third-order valence-corrected chi connectivity index (χ3v) is 3.48. The number of carbonyl (C=O) groups excluding carboxylic acids is 2. The number of aryl methyl sites for hydroxylation is 2. The van der Waals surface area contributed by atoms with Crippen molar-refractivity contribution in [1.82, 2.24) is 24.5 Å². The van der Waals surface area contributed by atoms with Crippen molar-refractivity contribution in [2.75, 3.05) is 13.7 Å². The minimum Gasteiger partial charge on any atom is -0.469 e. The van der Waals surface area contributed by atoms with E-state index in [2.05, 4.69) is 19.8 Å². The number of amides is 1. The second-order valence-corrected chi connectivity index (χ2v) is 5.60. The van der Waals surface area contributed by atoms with E-state index in [-0.39, 0.29) is 36.7 Å². The van der Waals surface area contributed by atoms with Crippen molar-refractivity contribution in [2.24, 2.45) is 0 Å². The minimum atomic E-state index is -0.362. The minimum absolute atomic E-state index is 0.0739. The van der Waals surface area contributed by atoms with E-state index in [4.69, 9.17) is 0 Å². The van der Waals surface area contributed by atoms with E-state index in [0.717, 1.165) is 11.4 Å². The van der Waals surface area contributed by atoms with Crippen molar-refractivity contribution in [2.45, 2.75) is 40.2 Å². The van der Waals surface area contributed by atoms with E-state index in [1.165, 1.54) is 7.11 Å². The lowest BCUT2D eigenvalue weighted by Gasteiger charge is -2.24. The fraction of sp³-hybridized carbons (Fsp3) is 0.533. The Morgan fingerprint density at radius 1 is 1.30 bits per heavy atom. The van der Waals surface area contributed by atoms with E-state index in [1.807, 2.05) is 33.8 Å². The molecule has 0 aromatic carbocycles. The van der Waals surface area contributed by atoms with Gasteiger partial charge >= 0.3 is 5.97 Å². The molecule has 2 heterocycles. The fourth-order valence-corrected chi connectivity index (χ4v) is 2.29. The van der Waals surface area contributed by atoms with Crippen LogP contribution in [0.3, 0.4) is 0 Å². The predicted octanol–water partition coefficient (Wildman–Crippen LogP) is 1.15. The largest absolute Gasteiger partial charge is 0.469 e. The van der Waals surface area contributed by atoms with Crippen LogP contribution >= 0.6 is 0 Å². The molecule has 124 valence electrons. The van der Waals surface area contributed by atoms with Crippen molar-refractivity contribution >= 4 is 17.7 Å². The highest BCUT2D eigenvalue weighted by molar-refractivity contribution is 5.91. The van der Waals surface area contributed by atoms with Crippen LogP contribution in [-0.2, 0) is 9.53 Å². The maximum Gasteiger partial charge on any atom is 0.307 e. The molecule has 2 aromatic heterocycles. The maximum atomic E-state index is 12.7. The topological polar surface area (TPSA) is 89.7 Å². The lowest BCUT2D eigenvalue weighted by molar-refractivity contribution is -0.140. The van der Waals surface area contributed by atoms with Gasteiger partial charge in [0.1, 0.15) is 0 Å². The van der Waals surface area contributed by atoms with Crippen molar-refractivity contribution in [3.05, 3.63) is 23.3 Å². The van der Waals surface area contributed by atoms with Crippen LogP contribution in [0.2, 0.25) is 0 Å². The molecule has 0 unspecified atom stereocenters. The molecule has 2 aromatic rings. The SMILES string of the molecule is COC(=O)CCN(C(=O)c1nc2nc(C)cc(C)n2n1)C(C)C. The van der Waals surface area contributed by atoms with Crippen LogP contribution in [0.4, 0.5) is 0 Å². The van der Waals surface area contributed by atoms with Gasteiger partial charge in [-0.1, -0.05) is 0 Å². The molecule has 8 heteroatoms. The molecular formula is C15H21N5O3. The normalized spacial score (nSPS) is 11.0. The number of nitrogens with zero attached hydrogens (tertiary/aromatic N) is 5. The van der Waals surface area contributed by atoms with Crippen LogP contribution < -0.4 is 0 Å². The molecule has 0 aliphatic rings. The van der Waals surface area contributed by atoms with Crippen LogP contribution in [0, 0.1) is 13.8 Å². The number of hydrogen-bond acceptors (Lipinski definition) is 6. The summed E-state index contributed by atoms with van der Waals surface area (Å²) in [5.74, 6) is -0.224. The number of hydrogen-bond donors (Lipinski definition) is 0. The Kier molecular flexibility index (Phi) is 4.92. The summed E-state index contributed by atoms with van der Waals surface area (Å²) < 4.78 is 6.16. The van der Waals surface area contributed by atoms with Gasteiger partial charge in [-0.05, 0) is 33.8 Å². The summed E-state index contributed by atoms with van der Waals surface area (Å²) in [6.07, 6.45) is 0.129. The first-order valence-corrected chi connectivity index (χ1v) is 7.42. The van der Waals surface area contributed by atoms with Gasteiger partial charge in [-0.2, -0.15) is 4.98 Å². The lowest BCUT2D eigenvalue weighted by Crippen LogP contribution is -2.39. The molecule has 0 aliphatic heterocycles. The van der Waals surface area contributed by atoms with Crippen LogP contribution in [0.1, 0.15) is 42.3 Å². The zero-order chi connectivity index (χ0) is 17.1. The first kappa shape index (κ1) is 16.9. The zero-order valence-electron chi connectivity index (χ0n) is 14.0. The summed E-state index contributed by atoms with van der Waals surface area (Å²) in [5.41, 5.74) is 1.66. The first-order valence-electron chi connectivity index (χ1n) is 7.42. The van der Waals surface area contributed by atoms with Crippen molar-refractivity contribution in [1.29, 1.82) is 0 Å². The number of methoxy groups -OCH3 is 1. The monoisotopic (exact) mass is 319 g/mol. The summed E-state index contributed by atoms with van der Waals surface area (Å²) in [5, 5.41) is 4.24. The molecule has 1 amide bonds. The second kappa shape index (κ2) is 6.72. The van der Waals surface area contributed by atoms with Gasteiger partial charge in [0.15, 0.2) is 0 Å². The first-order chi connectivity index (χ1) is 10.8. The summed E-state index contributed by atoms with van der Waals surface area (Å²) in [7, 11) is 1.32. The van der Waals surface area contributed by atoms with Crippen LogP contribution in [0.15, 0.2) is 6.07 Å². The molecule has 0 saturated heterocycles. The van der Waals surface area contributed by atoms with Gasteiger partial charge in [0, 0.05) is 24.0 Å². The molecule has 2 rings (SSSR count). The number of esters is 1. The summed E-state index contributed by atoms with van der Waals surface area (Å²) in [6.45, 7) is 7.74. The molecule has 8 nitrogen and oxygen atoms in total. The molecule has 23 heavy (non-hydrogen) atoms. The van der Waals surface area contributed by atoms with Gasteiger partial charge in [0.2, 0.25) is 5.82 Å². The number of carbonyl (C=O) groups is 2. The van der Waals surface area contributed by atoms with E-state index >= 15 is 0 Å². The molecular weight excluding hydrogens is 298 g/mol. The Bertz CT molecular complexity index is 738. The quantitative estimate of drug-likeness (QED) is 0.768. The number of rotatable bonds is 5. The third-order valence-electron chi connectivity index (χ3n) is 3.48. The summed E-state index contributed by atoms with van der Waals surface area (Å²) in [4.78, 5) is 34.0.